The van der Waals surface area contributed by atoms with Crippen LogP contribution in [0.15, 0.2) is 205 Å². The number of hydrogen-bond donors (Lipinski definition) is 0. The molecule has 0 fully saturated rings. The normalized spacial score (nSPS) is 10.9. The van der Waals surface area contributed by atoms with E-state index in [0.29, 0.717) is 0 Å². The number of furan rings is 1. The first-order valence-electron chi connectivity index (χ1n) is 19.1. The van der Waals surface area contributed by atoms with E-state index in [-0.39, 0.29) is 0 Å². The van der Waals surface area contributed by atoms with E-state index in [1.54, 1.807) is 6.08 Å². The number of nitrogens with zero attached hydrogens (tertiary/aromatic N) is 1. The molecule has 0 unspecified atom stereocenters. The van der Waals surface area contributed by atoms with E-state index in [1.165, 1.54) is 55.2 Å². The minimum absolute atomic E-state index is 0.891. The van der Waals surface area contributed by atoms with Crippen molar-refractivity contribution >= 4 is 43.7 Å². The van der Waals surface area contributed by atoms with Gasteiger partial charge in [0.25, 0.3) is 0 Å². The fourth-order valence-electron chi connectivity index (χ4n) is 7.58. The summed E-state index contributed by atoms with van der Waals surface area (Å²) in [6.45, 7) is 9.25. The summed E-state index contributed by atoms with van der Waals surface area (Å²) in [4.78, 5) is 0. The molecular formula is C53H43NO. The zero-order valence-corrected chi connectivity index (χ0v) is 31.5. The molecular weight excluding hydrogens is 667 g/mol. The summed E-state index contributed by atoms with van der Waals surface area (Å²) in [6, 6.07) is 67.3. The molecule has 2 heterocycles. The van der Waals surface area contributed by atoms with E-state index in [1.807, 2.05) is 20.8 Å². The Kier molecular flexibility index (Phi) is 9.97. The standard InChI is InChI=1S/C48H31NO.C3H6.C2H6/c1-2-11-32(12-3-1)33-23-25-34(26-24-33)35-13-8-14-36(29-35)37-27-28-47-44(31-37)43-20-10-19-40(48(43)50-47)38-15-9-16-39(30-38)49-45-21-6-4-17-41(45)42-18-5-7-22-46(42)49;1-3-2;1-2/h1-31H;3H,1H2,2H3;1-2H3. The van der Waals surface area contributed by atoms with Crippen molar-refractivity contribution in [1.29, 1.82) is 0 Å². The highest BCUT2D eigenvalue weighted by molar-refractivity contribution is 6.11. The predicted molar refractivity (Wildman–Crippen MR) is 237 cm³/mol. The van der Waals surface area contributed by atoms with Crippen LogP contribution in [0.5, 0.6) is 0 Å². The summed E-state index contributed by atoms with van der Waals surface area (Å²) in [5.41, 5.74) is 14.7. The molecule has 0 bridgehead atoms. The van der Waals surface area contributed by atoms with Gasteiger partial charge in [0.2, 0.25) is 0 Å². The van der Waals surface area contributed by atoms with Crippen LogP contribution in [-0.4, -0.2) is 4.57 Å². The van der Waals surface area contributed by atoms with E-state index < -0.39 is 0 Å². The molecule has 0 aliphatic carbocycles. The summed E-state index contributed by atoms with van der Waals surface area (Å²) in [5.74, 6) is 0. The highest BCUT2D eigenvalue weighted by atomic mass is 16.3. The lowest BCUT2D eigenvalue weighted by atomic mass is 9.96. The SMILES string of the molecule is C=CC.CC.c1ccc(-c2ccc(-c3cccc(-c4ccc5oc6c(-c7cccc(-n8c9ccccc9c9ccccc98)c7)cccc6c5c4)c3)cc2)cc1. The van der Waals surface area contributed by atoms with Crippen molar-refractivity contribution in [2.45, 2.75) is 20.8 Å². The third-order valence-corrected chi connectivity index (χ3v) is 10.0. The topological polar surface area (TPSA) is 18.1 Å². The van der Waals surface area contributed by atoms with E-state index in [9.17, 15) is 0 Å². The predicted octanol–water partition coefficient (Wildman–Crippen LogP) is 15.6. The Morgan fingerprint density at radius 3 is 1.58 bits per heavy atom. The summed E-state index contributed by atoms with van der Waals surface area (Å²) < 4.78 is 9.00. The van der Waals surface area contributed by atoms with Crippen molar-refractivity contribution in [1.82, 2.24) is 4.57 Å². The van der Waals surface area contributed by atoms with Gasteiger partial charge in [0.1, 0.15) is 11.2 Å². The Morgan fingerprint density at radius 1 is 0.418 bits per heavy atom. The average Bonchev–Trinajstić information content (AvgIpc) is 3.81. The molecule has 10 aromatic rings. The van der Waals surface area contributed by atoms with Crippen LogP contribution in [0.2, 0.25) is 0 Å². The maximum absolute atomic E-state index is 6.63. The lowest BCUT2D eigenvalue weighted by Crippen LogP contribution is -1.94. The molecule has 2 heteroatoms. The van der Waals surface area contributed by atoms with Crippen molar-refractivity contribution in [3.63, 3.8) is 0 Å². The van der Waals surface area contributed by atoms with Gasteiger partial charge in [-0.25, -0.2) is 0 Å². The smallest absolute Gasteiger partial charge is 0.143 e. The highest BCUT2D eigenvalue weighted by Crippen LogP contribution is 2.39. The van der Waals surface area contributed by atoms with Crippen molar-refractivity contribution in [2.75, 3.05) is 0 Å². The number of hydrogen-bond acceptors (Lipinski definition) is 1. The van der Waals surface area contributed by atoms with Crippen LogP contribution in [0.3, 0.4) is 0 Å². The Labute approximate surface area is 323 Å². The molecule has 55 heavy (non-hydrogen) atoms. The van der Waals surface area contributed by atoms with E-state index in [2.05, 4.69) is 199 Å². The van der Waals surface area contributed by atoms with Crippen LogP contribution >= 0.6 is 0 Å². The summed E-state index contributed by atoms with van der Waals surface area (Å²) in [5, 5.41) is 4.76. The third-order valence-electron chi connectivity index (χ3n) is 10.0. The number of fused-ring (bicyclic) bond motifs is 6. The zero-order chi connectivity index (χ0) is 37.7. The Morgan fingerprint density at radius 2 is 0.891 bits per heavy atom. The van der Waals surface area contributed by atoms with Crippen LogP contribution in [0.1, 0.15) is 20.8 Å². The lowest BCUT2D eigenvalue weighted by Gasteiger charge is -2.10. The van der Waals surface area contributed by atoms with E-state index >= 15 is 0 Å². The molecule has 10 rings (SSSR count). The minimum Gasteiger partial charge on any atom is -0.455 e. The number of para-hydroxylation sites is 3. The highest BCUT2D eigenvalue weighted by Gasteiger charge is 2.16. The second kappa shape index (κ2) is 15.6. The molecule has 0 aliphatic heterocycles. The van der Waals surface area contributed by atoms with Gasteiger partial charge in [-0.3, -0.25) is 0 Å². The van der Waals surface area contributed by atoms with Crippen molar-refractivity contribution < 1.29 is 4.42 Å². The van der Waals surface area contributed by atoms with Crippen LogP contribution in [0.25, 0.3) is 93.9 Å². The Hall–Kier alpha value is -6.90. The minimum atomic E-state index is 0.891. The number of benzene rings is 8. The summed E-state index contributed by atoms with van der Waals surface area (Å²) in [7, 11) is 0. The molecule has 0 spiro atoms. The van der Waals surface area contributed by atoms with Gasteiger partial charge in [-0.2, -0.15) is 0 Å². The quantitative estimate of drug-likeness (QED) is 0.163. The number of allylic oxidation sites excluding steroid dienone is 1. The van der Waals surface area contributed by atoms with Gasteiger partial charge in [-0.05, 0) is 88.3 Å². The first-order chi connectivity index (χ1) is 27.2. The maximum atomic E-state index is 6.63. The first kappa shape index (κ1) is 35.1. The molecule has 0 saturated heterocycles. The zero-order valence-electron chi connectivity index (χ0n) is 31.5. The van der Waals surface area contributed by atoms with E-state index in [0.717, 1.165) is 38.8 Å². The number of aromatic nitrogens is 1. The van der Waals surface area contributed by atoms with Gasteiger partial charge in [0, 0.05) is 32.8 Å². The van der Waals surface area contributed by atoms with Crippen LogP contribution in [0, 0.1) is 0 Å². The molecule has 0 amide bonds. The number of rotatable bonds is 5. The molecule has 0 N–H and O–H groups in total. The fourth-order valence-corrected chi connectivity index (χ4v) is 7.58. The first-order valence-corrected chi connectivity index (χ1v) is 19.1. The molecule has 0 atom stereocenters. The van der Waals surface area contributed by atoms with Gasteiger partial charge in [0.05, 0.1) is 11.0 Å². The van der Waals surface area contributed by atoms with Crippen molar-refractivity contribution in [3.8, 4) is 50.2 Å². The van der Waals surface area contributed by atoms with Crippen molar-refractivity contribution in [2.24, 2.45) is 0 Å². The Balaban J connectivity index is 0.000000817. The van der Waals surface area contributed by atoms with Gasteiger partial charge in [-0.15, -0.1) is 6.58 Å². The second-order valence-corrected chi connectivity index (χ2v) is 13.3. The largest absolute Gasteiger partial charge is 0.455 e. The van der Waals surface area contributed by atoms with Gasteiger partial charge >= 0.3 is 0 Å². The van der Waals surface area contributed by atoms with Gasteiger partial charge in [0.15, 0.2) is 0 Å². The molecule has 8 aromatic carbocycles. The third kappa shape index (κ3) is 6.64. The van der Waals surface area contributed by atoms with Gasteiger partial charge in [-0.1, -0.05) is 166 Å². The fraction of sp³-hybridized carbons (Fsp3) is 0.0566. The van der Waals surface area contributed by atoms with Crippen LogP contribution in [0.4, 0.5) is 0 Å². The summed E-state index contributed by atoms with van der Waals surface area (Å²) in [6.07, 6.45) is 1.75. The van der Waals surface area contributed by atoms with Gasteiger partial charge < -0.3 is 8.98 Å². The molecule has 2 aromatic heterocycles. The molecule has 2 nitrogen and oxygen atoms in total. The van der Waals surface area contributed by atoms with Crippen molar-refractivity contribution in [3.05, 3.63) is 201 Å². The Bertz CT molecular complexity index is 2850. The molecule has 0 saturated carbocycles. The molecule has 266 valence electrons. The second-order valence-electron chi connectivity index (χ2n) is 13.3. The van der Waals surface area contributed by atoms with Crippen LogP contribution in [-0.2, 0) is 0 Å². The average molecular weight is 710 g/mol. The maximum Gasteiger partial charge on any atom is 0.143 e. The van der Waals surface area contributed by atoms with Crippen LogP contribution < -0.4 is 0 Å². The summed E-state index contributed by atoms with van der Waals surface area (Å²) >= 11 is 0. The molecule has 0 radical (unpaired) electrons. The lowest BCUT2D eigenvalue weighted by molar-refractivity contribution is 0.670. The molecule has 0 aliphatic rings. The monoisotopic (exact) mass is 709 g/mol. The van der Waals surface area contributed by atoms with E-state index in [4.69, 9.17) is 4.42 Å².